The van der Waals surface area contributed by atoms with Crippen molar-refractivity contribution in [2.24, 2.45) is 0 Å². The molecule has 1 unspecified atom stereocenters. The van der Waals surface area contributed by atoms with Crippen LogP contribution in [-0.2, 0) is 11.2 Å². The zero-order chi connectivity index (χ0) is 19.4. The first kappa shape index (κ1) is 19.2. The Morgan fingerprint density at radius 2 is 1.74 bits per heavy atom. The molecule has 0 radical (unpaired) electrons. The van der Waals surface area contributed by atoms with Crippen molar-refractivity contribution in [1.82, 2.24) is 10.2 Å². The summed E-state index contributed by atoms with van der Waals surface area (Å²) in [6.07, 6.45) is 2.41. The summed E-state index contributed by atoms with van der Waals surface area (Å²) in [5, 5.41) is 3.05. The second-order valence-corrected chi connectivity index (χ2v) is 7.44. The minimum Gasteiger partial charge on any atom is -0.354 e. The van der Waals surface area contributed by atoms with Crippen molar-refractivity contribution in [3.63, 3.8) is 0 Å². The van der Waals surface area contributed by atoms with Crippen molar-refractivity contribution in [1.29, 1.82) is 0 Å². The summed E-state index contributed by atoms with van der Waals surface area (Å²) < 4.78 is 0. The fourth-order valence-electron chi connectivity index (χ4n) is 4.06. The van der Waals surface area contributed by atoms with E-state index in [2.05, 4.69) is 38.2 Å². The van der Waals surface area contributed by atoms with Crippen LogP contribution in [0.1, 0.15) is 45.5 Å². The lowest BCUT2D eigenvalue weighted by Gasteiger charge is -2.24. The molecule has 2 aromatic rings. The van der Waals surface area contributed by atoms with Gasteiger partial charge in [0.05, 0.1) is 0 Å². The highest BCUT2D eigenvalue weighted by atomic mass is 16.2. The molecule has 4 heteroatoms. The van der Waals surface area contributed by atoms with E-state index in [4.69, 9.17) is 0 Å². The molecule has 0 saturated carbocycles. The zero-order valence-electron chi connectivity index (χ0n) is 16.4. The molecule has 2 aromatic carbocycles. The van der Waals surface area contributed by atoms with Gasteiger partial charge in [-0.25, -0.2) is 0 Å². The number of aryl methyl sites for hydroxylation is 3. The second-order valence-electron chi connectivity index (χ2n) is 7.44. The minimum atomic E-state index is -0.363. The van der Waals surface area contributed by atoms with Crippen molar-refractivity contribution in [2.45, 2.75) is 46.1 Å². The molecular weight excluding hydrogens is 336 g/mol. The molecule has 0 aliphatic carbocycles. The lowest BCUT2D eigenvalue weighted by atomic mass is 9.97. The summed E-state index contributed by atoms with van der Waals surface area (Å²) in [6, 6.07) is 13.2. The molecule has 1 heterocycles. The molecule has 1 atom stereocenters. The number of benzene rings is 2. The minimum absolute atomic E-state index is 0.0424. The van der Waals surface area contributed by atoms with E-state index < -0.39 is 0 Å². The maximum atomic E-state index is 12.7. The van der Waals surface area contributed by atoms with Crippen molar-refractivity contribution in [3.8, 4) is 0 Å². The molecule has 0 bridgehead atoms. The van der Waals surface area contributed by atoms with Gasteiger partial charge in [-0.15, -0.1) is 0 Å². The van der Waals surface area contributed by atoms with Gasteiger partial charge < -0.3 is 10.2 Å². The zero-order valence-corrected chi connectivity index (χ0v) is 16.4. The summed E-state index contributed by atoms with van der Waals surface area (Å²) >= 11 is 0. The summed E-state index contributed by atoms with van der Waals surface area (Å²) in [7, 11) is 0. The third-order valence-electron chi connectivity index (χ3n) is 5.35. The van der Waals surface area contributed by atoms with E-state index >= 15 is 0 Å². The van der Waals surface area contributed by atoms with E-state index in [1.165, 1.54) is 22.3 Å². The molecule has 1 fully saturated rings. The summed E-state index contributed by atoms with van der Waals surface area (Å²) in [6.45, 7) is 7.57. The van der Waals surface area contributed by atoms with Crippen LogP contribution in [0.4, 0.5) is 0 Å². The number of rotatable bonds is 5. The highest BCUT2D eigenvalue weighted by molar-refractivity contribution is 5.97. The molecule has 142 valence electrons. The molecule has 0 spiro atoms. The Bertz CT molecular complexity index is 807. The molecule has 4 nitrogen and oxygen atoms in total. The van der Waals surface area contributed by atoms with Crippen molar-refractivity contribution in [3.05, 3.63) is 70.3 Å². The topological polar surface area (TPSA) is 49.4 Å². The van der Waals surface area contributed by atoms with Crippen LogP contribution in [0.2, 0.25) is 0 Å². The molecule has 1 aliphatic heterocycles. The normalized spacial score (nSPS) is 16.4. The lowest BCUT2D eigenvalue weighted by Crippen LogP contribution is -2.46. The standard InChI is InChI=1S/C23H28N2O2/c1-16-14-17(2)20(18(3)15-16)11-12-24-22(26)21-10-7-13-25(21)23(27)19-8-5-4-6-9-19/h4-6,8-9,14-15,21H,7,10-13H2,1-3H3,(H,24,26). The fourth-order valence-corrected chi connectivity index (χ4v) is 4.06. The number of carbonyl (C=O) groups excluding carboxylic acids is 2. The van der Waals surface area contributed by atoms with Gasteiger partial charge in [0.2, 0.25) is 5.91 Å². The number of nitrogens with one attached hydrogen (secondary N) is 1. The largest absolute Gasteiger partial charge is 0.354 e. The molecular formula is C23H28N2O2. The Hall–Kier alpha value is -2.62. The summed E-state index contributed by atoms with van der Waals surface area (Å²) in [5.41, 5.74) is 5.73. The van der Waals surface area contributed by atoms with Crippen LogP contribution < -0.4 is 5.32 Å². The van der Waals surface area contributed by atoms with Crippen LogP contribution in [0, 0.1) is 20.8 Å². The first-order chi connectivity index (χ1) is 13.0. The molecule has 1 saturated heterocycles. The maximum Gasteiger partial charge on any atom is 0.254 e. The van der Waals surface area contributed by atoms with E-state index in [0.29, 0.717) is 18.7 Å². The number of likely N-dealkylation sites (tertiary alicyclic amines) is 1. The Morgan fingerprint density at radius 3 is 2.41 bits per heavy atom. The van der Waals surface area contributed by atoms with Gasteiger partial charge >= 0.3 is 0 Å². The number of carbonyl (C=O) groups is 2. The van der Waals surface area contributed by atoms with Gasteiger partial charge in [0.15, 0.2) is 0 Å². The number of hydrogen-bond donors (Lipinski definition) is 1. The van der Waals surface area contributed by atoms with Gasteiger partial charge in [0, 0.05) is 18.7 Å². The van der Waals surface area contributed by atoms with Gasteiger partial charge in [-0.1, -0.05) is 35.9 Å². The van der Waals surface area contributed by atoms with Crippen molar-refractivity contribution >= 4 is 11.8 Å². The van der Waals surface area contributed by atoms with Crippen LogP contribution in [0.25, 0.3) is 0 Å². The quantitative estimate of drug-likeness (QED) is 0.882. The smallest absolute Gasteiger partial charge is 0.254 e. The van der Waals surface area contributed by atoms with Gasteiger partial charge in [-0.3, -0.25) is 9.59 Å². The first-order valence-electron chi connectivity index (χ1n) is 9.68. The molecule has 2 amide bonds. The van der Waals surface area contributed by atoms with Crippen LogP contribution in [0.5, 0.6) is 0 Å². The predicted octanol–water partition coefficient (Wildman–Crippen LogP) is 3.58. The summed E-state index contributed by atoms with van der Waals surface area (Å²) in [4.78, 5) is 27.1. The highest BCUT2D eigenvalue weighted by Crippen LogP contribution is 2.21. The van der Waals surface area contributed by atoms with Crippen molar-refractivity contribution < 1.29 is 9.59 Å². The fraction of sp³-hybridized carbons (Fsp3) is 0.391. The van der Waals surface area contributed by atoms with Crippen LogP contribution in [-0.4, -0.2) is 35.8 Å². The third-order valence-corrected chi connectivity index (χ3v) is 5.35. The SMILES string of the molecule is Cc1cc(C)c(CCNC(=O)C2CCCN2C(=O)c2ccccc2)c(C)c1. The molecule has 0 aromatic heterocycles. The number of amides is 2. The van der Waals surface area contributed by atoms with Gasteiger partial charge in [0.25, 0.3) is 5.91 Å². The molecule has 27 heavy (non-hydrogen) atoms. The maximum absolute atomic E-state index is 12.7. The van der Waals surface area contributed by atoms with Crippen LogP contribution >= 0.6 is 0 Å². The second kappa shape index (κ2) is 8.38. The predicted molar refractivity (Wildman–Crippen MR) is 108 cm³/mol. The van der Waals surface area contributed by atoms with E-state index in [1.54, 1.807) is 17.0 Å². The van der Waals surface area contributed by atoms with E-state index in [-0.39, 0.29) is 17.9 Å². The number of nitrogens with zero attached hydrogens (tertiary/aromatic N) is 1. The first-order valence-corrected chi connectivity index (χ1v) is 9.68. The van der Waals surface area contributed by atoms with Gasteiger partial charge in [-0.2, -0.15) is 0 Å². The Morgan fingerprint density at radius 1 is 1.07 bits per heavy atom. The Balaban J connectivity index is 1.60. The number of hydrogen-bond acceptors (Lipinski definition) is 2. The highest BCUT2D eigenvalue weighted by Gasteiger charge is 2.34. The van der Waals surface area contributed by atoms with Gasteiger partial charge in [0.1, 0.15) is 6.04 Å². The van der Waals surface area contributed by atoms with E-state index in [0.717, 1.165) is 19.3 Å². The van der Waals surface area contributed by atoms with E-state index in [1.807, 2.05) is 18.2 Å². The monoisotopic (exact) mass is 364 g/mol. The molecule has 1 N–H and O–H groups in total. The summed E-state index contributed by atoms with van der Waals surface area (Å²) in [5.74, 6) is -0.0994. The Labute approximate surface area is 161 Å². The molecule has 3 rings (SSSR count). The molecule has 1 aliphatic rings. The average Bonchev–Trinajstić information content (AvgIpc) is 3.13. The van der Waals surface area contributed by atoms with Crippen LogP contribution in [0.15, 0.2) is 42.5 Å². The average molecular weight is 364 g/mol. The Kier molecular flexibility index (Phi) is 5.94. The van der Waals surface area contributed by atoms with E-state index in [9.17, 15) is 9.59 Å². The third kappa shape index (κ3) is 4.38. The lowest BCUT2D eigenvalue weighted by molar-refractivity contribution is -0.124. The van der Waals surface area contributed by atoms with Gasteiger partial charge in [-0.05, 0) is 68.9 Å². The van der Waals surface area contributed by atoms with Crippen LogP contribution in [0.3, 0.4) is 0 Å². The van der Waals surface area contributed by atoms with Crippen molar-refractivity contribution in [2.75, 3.05) is 13.1 Å².